The third kappa shape index (κ3) is 3.96. The molecule has 2 heterocycles. The van der Waals surface area contributed by atoms with E-state index in [4.69, 9.17) is 9.73 Å². The molecule has 0 N–H and O–H groups in total. The summed E-state index contributed by atoms with van der Waals surface area (Å²) in [7, 11) is 3.67. The lowest BCUT2D eigenvalue weighted by molar-refractivity contribution is -0.122. The van der Waals surface area contributed by atoms with Crippen molar-refractivity contribution in [1.29, 1.82) is 0 Å². The van der Waals surface area contributed by atoms with Crippen LogP contribution in [0, 0.1) is 6.92 Å². The van der Waals surface area contributed by atoms with Gasteiger partial charge in [-0.25, -0.2) is 4.99 Å². The molecule has 30 heavy (non-hydrogen) atoms. The third-order valence-corrected chi connectivity index (χ3v) is 7.52. The molecule has 1 saturated heterocycles. The summed E-state index contributed by atoms with van der Waals surface area (Å²) in [6, 6.07) is 14.1. The summed E-state index contributed by atoms with van der Waals surface area (Å²) < 4.78 is 5.37. The summed E-state index contributed by atoms with van der Waals surface area (Å²) in [5.74, 6) is 0.845. The van der Waals surface area contributed by atoms with Gasteiger partial charge < -0.3 is 9.64 Å². The first kappa shape index (κ1) is 20.9. The summed E-state index contributed by atoms with van der Waals surface area (Å²) in [5, 5.41) is 1.70. The molecule has 0 spiro atoms. The number of hydrogen-bond donors (Lipinski definition) is 0. The van der Waals surface area contributed by atoms with Gasteiger partial charge in [0.1, 0.15) is 10.7 Å². The van der Waals surface area contributed by atoms with Gasteiger partial charge in [-0.05, 0) is 49.4 Å². The van der Waals surface area contributed by atoms with Gasteiger partial charge in [-0.3, -0.25) is 9.69 Å². The first-order valence-corrected chi connectivity index (χ1v) is 11.6. The summed E-state index contributed by atoms with van der Waals surface area (Å²) in [6.07, 6.45) is 1.97. The minimum absolute atomic E-state index is 0.0356. The summed E-state index contributed by atoms with van der Waals surface area (Å²) >= 11 is 3.10. The van der Waals surface area contributed by atoms with Crippen molar-refractivity contribution in [1.82, 2.24) is 4.90 Å². The van der Waals surface area contributed by atoms with Gasteiger partial charge >= 0.3 is 0 Å². The Labute approximate surface area is 186 Å². The number of anilines is 1. The van der Waals surface area contributed by atoms with E-state index in [-0.39, 0.29) is 5.91 Å². The number of carbonyl (C=O) groups is 1. The van der Waals surface area contributed by atoms with Crippen molar-refractivity contribution in [3.8, 4) is 5.75 Å². The number of fused-ring (bicyclic) bond motifs is 1. The number of aryl methyl sites for hydroxylation is 1. The van der Waals surface area contributed by atoms with Crippen LogP contribution in [0.1, 0.15) is 25.3 Å². The van der Waals surface area contributed by atoms with Gasteiger partial charge in [-0.15, -0.1) is 0 Å². The molecule has 156 valence electrons. The van der Waals surface area contributed by atoms with Crippen LogP contribution < -0.4 is 9.64 Å². The van der Waals surface area contributed by atoms with E-state index in [1.165, 1.54) is 17.3 Å². The smallest absolute Gasteiger partial charge is 0.269 e. The molecule has 1 fully saturated rings. The molecule has 0 unspecified atom stereocenters. The fraction of sp³-hybridized carbons (Fsp3) is 0.304. The minimum Gasteiger partial charge on any atom is -0.497 e. The summed E-state index contributed by atoms with van der Waals surface area (Å²) in [5.41, 5.74) is 3.11. The van der Waals surface area contributed by atoms with Crippen molar-refractivity contribution in [2.24, 2.45) is 4.99 Å². The number of nitrogens with zero attached hydrogens (tertiary/aromatic N) is 3. The van der Waals surface area contributed by atoms with Crippen LogP contribution in [0.25, 0.3) is 0 Å². The molecular formula is C23H25N3O2S2. The lowest BCUT2D eigenvalue weighted by Gasteiger charge is -2.16. The van der Waals surface area contributed by atoms with Crippen LogP contribution in [0.3, 0.4) is 0 Å². The van der Waals surface area contributed by atoms with E-state index in [9.17, 15) is 4.79 Å². The molecule has 0 aromatic heterocycles. The van der Waals surface area contributed by atoms with Gasteiger partial charge in [0.25, 0.3) is 5.91 Å². The number of amidine groups is 1. The van der Waals surface area contributed by atoms with Crippen LogP contribution in [-0.2, 0) is 4.79 Å². The standard InChI is InChI=1S/C23H25N3O2S2/c1-5-6-13-26-21(27)20(30-23(26)24-16-9-7-15(2)8-10-16)22-25(3)18-14-17(28-4)11-12-19(18)29-22/h7-12,14H,5-6,13H2,1-4H3. The van der Waals surface area contributed by atoms with E-state index in [0.29, 0.717) is 6.54 Å². The average molecular weight is 440 g/mol. The molecule has 0 bridgehead atoms. The van der Waals surface area contributed by atoms with Crippen molar-refractivity contribution in [3.05, 3.63) is 58.0 Å². The van der Waals surface area contributed by atoms with E-state index in [0.717, 1.165) is 50.0 Å². The van der Waals surface area contributed by atoms with E-state index < -0.39 is 0 Å². The number of ether oxygens (including phenoxy) is 1. The van der Waals surface area contributed by atoms with Crippen molar-refractivity contribution >= 4 is 46.0 Å². The third-order valence-electron chi connectivity index (χ3n) is 5.09. The Morgan fingerprint density at radius 1 is 1.10 bits per heavy atom. The fourth-order valence-electron chi connectivity index (χ4n) is 3.31. The Hall–Kier alpha value is -2.38. The topological polar surface area (TPSA) is 45.1 Å². The predicted octanol–water partition coefficient (Wildman–Crippen LogP) is 5.78. The van der Waals surface area contributed by atoms with Crippen LogP contribution in [0.15, 0.2) is 62.3 Å². The zero-order valence-corrected chi connectivity index (χ0v) is 19.3. The summed E-state index contributed by atoms with van der Waals surface area (Å²) in [6.45, 7) is 4.87. The van der Waals surface area contributed by atoms with Crippen LogP contribution in [0.4, 0.5) is 11.4 Å². The minimum atomic E-state index is 0.0356. The Balaban J connectivity index is 1.70. The van der Waals surface area contributed by atoms with Crippen LogP contribution in [0.5, 0.6) is 5.75 Å². The number of methoxy groups -OCH3 is 1. The number of carbonyl (C=O) groups excluding carboxylic acids is 1. The SMILES string of the molecule is CCCCN1C(=O)C(=C2Sc3ccc(OC)cc3N2C)SC1=Nc1ccc(C)cc1. The molecule has 7 heteroatoms. The normalized spacial score (nSPS) is 19.7. The first-order chi connectivity index (χ1) is 14.5. The van der Waals surface area contributed by atoms with E-state index in [1.54, 1.807) is 18.9 Å². The zero-order chi connectivity index (χ0) is 21.3. The molecule has 2 aliphatic rings. The molecule has 0 radical (unpaired) electrons. The van der Waals surface area contributed by atoms with E-state index in [1.807, 2.05) is 54.4 Å². The van der Waals surface area contributed by atoms with Crippen molar-refractivity contribution < 1.29 is 9.53 Å². The number of rotatable bonds is 5. The molecule has 2 aromatic rings. The monoisotopic (exact) mass is 439 g/mol. The van der Waals surface area contributed by atoms with Gasteiger partial charge in [0, 0.05) is 24.6 Å². The zero-order valence-electron chi connectivity index (χ0n) is 17.6. The average Bonchev–Trinajstić information content (AvgIpc) is 3.24. The Bertz CT molecular complexity index is 1030. The number of amides is 1. The van der Waals surface area contributed by atoms with Gasteiger partial charge in [0.15, 0.2) is 5.17 Å². The lowest BCUT2D eigenvalue weighted by Crippen LogP contribution is -2.30. The number of unbranched alkanes of at least 4 members (excludes halogenated alkanes) is 1. The van der Waals surface area contributed by atoms with Crippen molar-refractivity contribution in [3.63, 3.8) is 0 Å². The quantitative estimate of drug-likeness (QED) is 0.553. The lowest BCUT2D eigenvalue weighted by atomic mass is 10.2. The molecule has 5 nitrogen and oxygen atoms in total. The number of thioether (sulfide) groups is 2. The van der Waals surface area contributed by atoms with Crippen LogP contribution in [0.2, 0.25) is 0 Å². The van der Waals surface area contributed by atoms with Crippen molar-refractivity contribution in [2.45, 2.75) is 31.6 Å². The van der Waals surface area contributed by atoms with Gasteiger partial charge in [0.05, 0.1) is 23.5 Å². The first-order valence-electron chi connectivity index (χ1n) is 10.0. The summed E-state index contributed by atoms with van der Waals surface area (Å²) in [4.78, 5) is 24.0. The second-order valence-corrected chi connectivity index (χ2v) is 9.28. The maximum atomic E-state index is 13.4. The van der Waals surface area contributed by atoms with E-state index in [2.05, 4.69) is 18.7 Å². The highest BCUT2D eigenvalue weighted by Crippen LogP contribution is 2.51. The highest BCUT2D eigenvalue weighted by Gasteiger charge is 2.38. The second-order valence-electron chi connectivity index (χ2n) is 7.27. The highest BCUT2D eigenvalue weighted by atomic mass is 32.2. The van der Waals surface area contributed by atoms with Gasteiger partial charge in [-0.2, -0.15) is 0 Å². The molecule has 0 atom stereocenters. The number of aliphatic imine (C=N–C) groups is 1. The number of hydrogen-bond acceptors (Lipinski definition) is 6. The Morgan fingerprint density at radius 2 is 1.87 bits per heavy atom. The largest absolute Gasteiger partial charge is 0.497 e. The highest BCUT2D eigenvalue weighted by molar-refractivity contribution is 8.19. The van der Waals surface area contributed by atoms with Gasteiger partial charge in [-0.1, -0.05) is 42.8 Å². The number of benzene rings is 2. The maximum Gasteiger partial charge on any atom is 0.269 e. The molecule has 0 saturated carbocycles. The molecule has 2 aromatic carbocycles. The molecule has 0 aliphatic carbocycles. The predicted molar refractivity (Wildman–Crippen MR) is 127 cm³/mol. The molecule has 2 aliphatic heterocycles. The van der Waals surface area contributed by atoms with E-state index >= 15 is 0 Å². The molecular weight excluding hydrogens is 414 g/mol. The van der Waals surface area contributed by atoms with Crippen molar-refractivity contribution in [2.75, 3.05) is 25.6 Å². The Morgan fingerprint density at radius 3 is 2.57 bits per heavy atom. The molecule has 1 amide bonds. The maximum absolute atomic E-state index is 13.4. The van der Waals surface area contributed by atoms with Crippen LogP contribution in [-0.4, -0.2) is 36.7 Å². The van der Waals surface area contributed by atoms with Crippen LogP contribution >= 0.6 is 23.5 Å². The fourth-order valence-corrected chi connectivity index (χ4v) is 5.66. The Kier molecular flexibility index (Phi) is 6.11. The van der Waals surface area contributed by atoms with Gasteiger partial charge in [0.2, 0.25) is 0 Å². The molecule has 4 rings (SSSR count). The second kappa shape index (κ2) is 8.78.